The monoisotopic (exact) mass is 406 g/mol. The van der Waals surface area contributed by atoms with Crippen LogP contribution in [0.4, 0.5) is 4.79 Å². The van der Waals surface area contributed by atoms with Crippen LogP contribution in [0, 0.1) is 0 Å². The van der Waals surface area contributed by atoms with E-state index in [0.29, 0.717) is 13.0 Å². The highest BCUT2D eigenvalue weighted by molar-refractivity contribution is 5.81. The third-order valence-corrected chi connectivity index (χ3v) is 5.28. The summed E-state index contributed by atoms with van der Waals surface area (Å²) in [4.78, 5) is 27.7. The zero-order chi connectivity index (χ0) is 20.9. The largest absolute Gasteiger partial charge is 0.480 e. The maximum atomic E-state index is 12.3. The zero-order valence-electron chi connectivity index (χ0n) is 16.3. The van der Waals surface area contributed by atoms with Crippen molar-refractivity contribution in [1.82, 2.24) is 20.1 Å². The Morgan fingerprint density at radius 1 is 1.10 bits per heavy atom. The van der Waals surface area contributed by atoms with E-state index >= 15 is 0 Å². The minimum Gasteiger partial charge on any atom is -0.480 e. The highest BCUT2D eigenvalue weighted by atomic mass is 16.5. The van der Waals surface area contributed by atoms with Gasteiger partial charge in [-0.15, -0.1) is 0 Å². The number of nitrogens with one attached hydrogen (secondary N) is 1. The third-order valence-electron chi connectivity index (χ3n) is 5.28. The molecule has 1 heterocycles. The molecule has 0 bridgehead atoms. The minimum absolute atomic E-state index is 0.0706. The molecule has 0 spiro atoms. The molecule has 3 aromatic rings. The lowest BCUT2D eigenvalue weighted by Crippen LogP contribution is -2.41. The number of aromatic nitrogens is 3. The molecule has 1 atom stereocenters. The average Bonchev–Trinajstić information content (AvgIpc) is 3.38. The number of rotatable bonds is 8. The first kappa shape index (κ1) is 19.6. The number of ether oxygens (including phenoxy) is 1. The van der Waals surface area contributed by atoms with E-state index in [-0.39, 0.29) is 18.9 Å². The summed E-state index contributed by atoms with van der Waals surface area (Å²) in [6, 6.07) is 15.1. The number of carboxylic acids is 1. The molecule has 1 aliphatic carbocycles. The van der Waals surface area contributed by atoms with Crippen LogP contribution in [0.5, 0.6) is 0 Å². The van der Waals surface area contributed by atoms with Gasteiger partial charge in [-0.25, -0.2) is 14.6 Å². The maximum Gasteiger partial charge on any atom is 0.407 e. The number of benzene rings is 2. The van der Waals surface area contributed by atoms with Crippen molar-refractivity contribution in [2.75, 3.05) is 6.61 Å². The van der Waals surface area contributed by atoms with Crippen molar-refractivity contribution in [1.29, 1.82) is 0 Å². The van der Waals surface area contributed by atoms with E-state index in [9.17, 15) is 14.7 Å². The standard InChI is InChI=1S/C22H22N4O4/c27-21(28)20(10-5-11-26-14-23-13-24-26)25-22(29)30-12-19-17-8-3-1-6-15(17)16-7-2-4-9-18(16)19/h1-4,6-9,13-14,19-20H,5,10-12H2,(H,25,29)(H,27,28). The molecule has 8 nitrogen and oxygen atoms in total. The Hall–Kier alpha value is -3.68. The molecule has 2 aromatic carbocycles. The second kappa shape index (κ2) is 8.77. The van der Waals surface area contributed by atoms with Crippen molar-refractivity contribution in [2.24, 2.45) is 0 Å². The van der Waals surface area contributed by atoms with Gasteiger partial charge in [0.05, 0.1) is 0 Å². The molecular formula is C22H22N4O4. The first-order valence-corrected chi connectivity index (χ1v) is 9.80. The van der Waals surface area contributed by atoms with E-state index in [1.165, 1.54) is 6.33 Å². The number of aryl methyl sites for hydroxylation is 1. The summed E-state index contributed by atoms with van der Waals surface area (Å²) < 4.78 is 7.05. The maximum absolute atomic E-state index is 12.3. The van der Waals surface area contributed by atoms with Gasteiger partial charge in [-0.1, -0.05) is 48.5 Å². The first-order valence-electron chi connectivity index (χ1n) is 9.80. The van der Waals surface area contributed by atoms with Gasteiger partial charge in [0.25, 0.3) is 0 Å². The van der Waals surface area contributed by atoms with Gasteiger partial charge in [-0.3, -0.25) is 4.68 Å². The number of carboxylic acid groups (broad SMARTS) is 1. The number of carbonyl (C=O) groups is 2. The molecule has 0 saturated heterocycles. The fourth-order valence-electron chi connectivity index (χ4n) is 3.85. The molecule has 154 valence electrons. The van der Waals surface area contributed by atoms with E-state index < -0.39 is 18.1 Å². The van der Waals surface area contributed by atoms with Gasteiger partial charge in [0.2, 0.25) is 0 Å². The molecule has 8 heteroatoms. The molecule has 0 saturated carbocycles. The Morgan fingerprint density at radius 2 is 1.77 bits per heavy atom. The van der Waals surface area contributed by atoms with Crippen molar-refractivity contribution in [2.45, 2.75) is 31.3 Å². The summed E-state index contributed by atoms with van der Waals surface area (Å²) in [5, 5.41) is 15.9. The average molecular weight is 406 g/mol. The normalized spacial score (nSPS) is 13.3. The topological polar surface area (TPSA) is 106 Å². The lowest BCUT2D eigenvalue weighted by molar-refractivity contribution is -0.139. The van der Waals surface area contributed by atoms with Gasteiger partial charge in [0.15, 0.2) is 0 Å². The summed E-state index contributed by atoms with van der Waals surface area (Å²) in [6.45, 7) is 0.668. The smallest absolute Gasteiger partial charge is 0.407 e. The molecule has 30 heavy (non-hydrogen) atoms. The molecule has 0 fully saturated rings. The van der Waals surface area contributed by atoms with Crippen LogP contribution in [0.3, 0.4) is 0 Å². The highest BCUT2D eigenvalue weighted by Crippen LogP contribution is 2.44. The van der Waals surface area contributed by atoms with Crippen LogP contribution in [-0.4, -0.2) is 44.6 Å². The quantitative estimate of drug-likeness (QED) is 0.596. The molecule has 1 aromatic heterocycles. The number of amides is 1. The third kappa shape index (κ3) is 4.17. The molecule has 2 N–H and O–H groups in total. The van der Waals surface area contributed by atoms with Crippen LogP contribution < -0.4 is 5.32 Å². The molecule has 4 rings (SSSR count). The van der Waals surface area contributed by atoms with Gasteiger partial charge in [0, 0.05) is 12.5 Å². The molecule has 1 unspecified atom stereocenters. The number of fused-ring (bicyclic) bond motifs is 3. The molecular weight excluding hydrogens is 384 g/mol. The summed E-state index contributed by atoms with van der Waals surface area (Å²) in [7, 11) is 0. The first-order chi connectivity index (χ1) is 14.6. The SMILES string of the molecule is O=C(NC(CCCn1cncn1)C(=O)O)OCC1c2ccccc2-c2ccccc21. The summed E-state index contributed by atoms with van der Waals surface area (Å²) in [5.74, 6) is -1.17. The van der Waals surface area contributed by atoms with Crippen LogP contribution in [0.1, 0.15) is 29.9 Å². The number of aliphatic carboxylic acids is 1. The van der Waals surface area contributed by atoms with Gasteiger partial charge >= 0.3 is 12.1 Å². The van der Waals surface area contributed by atoms with Gasteiger partial charge in [-0.2, -0.15) is 5.10 Å². The molecule has 1 amide bonds. The van der Waals surface area contributed by atoms with Crippen molar-refractivity contribution >= 4 is 12.1 Å². The van der Waals surface area contributed by atoms with Gasteiger partial charge < -0.3 is 15.2 Å². The van der Waals surface area contributed by atoms with E-state index in [1.807, 2.05) is 36.4 Å². The Labute approximate surface area is 173 Å². The number of hydrogen-bond acceptors (Lipinski definition) is 5. The Kier molecular flexibility index (Phi) is 5.74. The van der Waals surface area contributed by atoms with Crippen LogP contribution in [0.2, 0.25) is 0 Å². The Balaban J connectivity index is 1.35. The molecule has 0 radical (unpaired) electrons. The minimum atomic E-state index is -1.10. The van der Waals surface area contributed by atoms with E-state index in [0.717, 1.165) is 22.3 Å². The lowest BCUT2D eigenvalue weighted by Gasteiger charge is -2.17. The fraction of sp³-hybridized carbons (Fsp3) is 0.273. The predicted molar refractivity (Wildman–Crippen MR) is 109 cm³/mol. The van der Waals surface area contributed by atoms with E-state index in [2.05, 4.69) is 27.5 Å². The van der Waals surface area contributed by atoms with Crippen LogP contribution in [0.15, 0.2) is 61.2 Å². The second-order valence-corrected chi connectivity index (χ2v) is 7.16. The van der Waals surface area contributed by atoms with E-state index in [1.54, 1.807) is 11.0 Å². The van der Waals surface area contributed by atoms with Gasteiger partial charge in [-0.05, 0) is 35.1 Å². The Bertz CT molecular complexity index is 990. The summed E-state index contributed by atoms with van der Waals surface area (Å²) in [6.07, 6.45) is 3.05. The second-order valence-electron chi connectivity index (χ2n) is 7.16. The van der Waals surface area contributed by atoms with Crippen LogP contribution in [0.25, 0.3) is 11.1 Å². The van der Waals surface area contributed by atoms with Gasteiger partial charge in [0.1, 0.15) is 25.3 Å². The summed E-state index contributed by atoms with van der Waals surface area (Å²) >= 11 is 0. The van der Waals surface area contributed by atoms with Crippen LogP contribution in [-0.2, 0) is 16.1 Å². The highest BCUT2D eigenvalue weighted by Gasteiger charge is 2.29. The summed E-state index contributed by atoms with van der Waals surface area (Å²) in [5.41, 5.74) is 4.49. The number of carbonyl (C=O) groups excluding carboxylic acids is 1. The van der Waals surface area contributed by atoms with Crippen molar-refractivity contribution < 1.29 is 19.4 Å². The van der Waals surface area contributed by atoms with Crippen LogP contribution >= 0.6 is 0 Å². The van der Waals surface area contributed by atoms with Crippen molar-refractivity contribution in [3.8, 4) is 11.1 Å². The van der Waals surface area contributed by atoms with E-state index in [4.69, 9.17) is 4.74 Å². The Morgan fingerprint density at radius 3 is 2.37 bits per heavy atom. The number of hydrogen-bond donors (Lipinski definition) is 2. The predicted octanol–water partition coefficient (Wildman–Crippen LogP) is 3.05. The number of alkyl carbamates (subject to hydrolysis) is 1. The lowest BCUT2D eigenvalue weighted by atomic mass is 9.98. The van der Waals surface area contributed by atoms with Crippen molar-refractivity contribution in [3.05, 3.63) is 72.3 Å². The fourth-order valence-corrected chi connectivity index (χ4v) is 3.85. The molecule has 1 aliphatic rings. The van der Waals surface area contributed by atoms with Crippen molar-refractivity contribution in [3.63, 3.8) is 0 Å². The zero-order valence-corrected chi connectivity index (χ0v) is 16.3. The molecule has 0 aliphatic heterocycles. The number of nitrogens with zero attached hydrogens (tertiary/aromatic N) is 3.